The molecule has 2 aromatic carbocycles. The molecule has 0 atom stereocenters. The summed E-state index contributed by atoms with van der Waals surface area (Å²) < 4.78 is 28.8. The number of benzene rings is 2. The molecule has 0 bridgehead atoms. The molecule has 0 aliphatic carbocycles. The molecule has 3 aromatic rings. The zero-order valence-corrected chi connectivity index (χ0v) is 18.5. The maximum Gasteiger partial charge on any atom is 0.264 e. The van der Waals surface area contributed by atoms with Crippen molar-refractivity contribution in [2.45, 2.75) is 31.2 Å². The summed E-state index contributed by atoms with van der Waals surface area (Å²) in [6, 6.07) is 19.0. The smallest absolute Gasteiger partial charge is 0.264 e. The number of anilines is 1. The molecule has 0 fully saturated rings. The monoisotopic (exact) mass is 421 g/mol. The minimum atomic E-state index is -3.68. The number of fused-ring (bicyclic) bond motifs is 1. The number of aromatic nitrogens is 1. The largest absolute Gasteiger partial charge is 0.304 e. The Balaban J connectivity index is 1.91. The van der Waals surface area contributed by atoms with Gasteiger partial charge in [-0.3, -0.25) is 4.31 Å². The fourth-order valence-corrected chi connectivity index (χ4v) is 5.47. The van der Waals surface area contributed by atoms with E-state index in [9.17, 15) is 8.42 Å². The van der Waals surface area contributed by atoms with Crippen molar-refractivity contribution in [2.24, 2.45) is 0 Å². The van der Waals surface area contributed by atoms with Gasteiger partial charge in [-0.15, -0.1) is 0 Å². The molecule has 0 unspecified atom stereocenters. The highest BCUT2D eigenvalue weighted by atomic mass is 32.2. The van der Waals surface area contributed by atoms with Crippen LogP contribution in [0.2, 0.25) is 0 Å². The molecular weight excluding hydrogens is 394 g/mol. The van der Waals surface area contributed by atoms with E-state index in [-0.39, 0.29) is 0 Å². The number of nitrogens with zero attached hydrogens (tertiary/aromatic N) is 3. The van der Waals surface area contributed by atoms with Crippen molar-refractivity contribution in [3.8, 4) is 11.3 Å². The number of hydrogen-bond donors (Lipinski definition) is 0. The van der Waals surface area contributed by atoms with Crippen LogP contribution in [-0.4, -0.2) is 38.9 Å². The molecule has 4 rings (SSSR count). The third-order valence-electron chi connectivity index (χ3n) is 5.32. The predicted molar refractivity (Wildman–Crippen MR) is 121 cm³/mol. The Labute approximate surface area is 179 Å². The number of pyridine rings is 1. The Morgan fingerprint density at radius 2 is 1.73 bits per heavy atom. The summed E-state index contributed by atoms with van der Waals surface area (Å²) in [5.41, 5.74) is 5.42. The van der Waals surface area contributed by atoms with E-state index in [2.05, 4.69) is 11.0 Å². The summed E-state index contributed by atoms with van der Waals surface area (Å²) in [6.45, 7) is 3.12. The molecule has 0 radical (unpaired) electrons. The number of hydrogen-bond acceptors (Lipinski definition) is 4. The van der Waals surface area contributed by atoms with Crippen molar-refractivity contribution in [1.82, 2.24) is 9.88 Å². The van der Waals surface area contributed by atoms with Crippen molar-refractivity contribution in [3.63, 3.8) is 0 Å². The van der Waals surface area contributed by atoms with Gasteiger partial charge in [0.25, 0.3) is 10.0 Å². The van der Waals surface area contributed by atoms with E-state index in [1.165, 1.54) is 0 Å². The van der Waals surface area contributed by atoms with E-state index in [0.717, 1.165) is 46.6 Å². The number of aryl methyl sites for hydroxylation is 2. The van der Waals surface area contributed by atoms with Crippen molar-refractivity contribution in [3.05, 3.63) is 77.5 Å². The van der Waals surface area contributed by atoms with Gasteiger partial charge in [-0.25, -0.2) is 13.4 Å². The second-order valence-corrected chi connectivity index (χ2v) is 9.93. The summed E-state index contributed by atoms with van der Waals surface area (Å²) in [5.74, 6) is 0. The average Bonchev–Trinajstić information content (AvgIpc) is 2.73. The predicted octanol–water partition coefficient (Wildman–Crippen LogP) is 4.26. The van der Waals surface area contributed by atoms with Crippen LogP contribution in [0.15, 0.2) is 65.6 Å². The van der Waals surface area contributed by atoms with Gasteiger partial charge in [0, 0.05) is 18.7 Å². The van der Waals surface area contributed by atoms with Crippen molar-refractivity contribution >= 4 is 15.7 Å². The minimum absolute atomic E-state index is 0.317. The maximum atomic E-state index is 13.6. The Bertz CT molecular complexity index is 1140. The Kier molecular flexibility index (Phi) is 5.62. The fraction of sp³-hybridized carbons (Fsp3) is 0.292. The standard InChI is InChI=1S/C24H27N3O2S/c1-18-11-13-22(14-12-18)30(28,29)27-15-7-10-20-16-21(17-26(2)3)25-23(24(20)27)19-8-5-4-6-9-19/h4-6,8-9,11-14,16H,7,10,15,17H2,1-3H3. The Morgan fingerprint density at radius 3 is 2.40 bits per heavy atom. The summed E-state index contributed by atoms with van der Waals surface area (Å²) in [7, 11) is 0.347. The molecule has 0 N–H and O–H groups in total. The third-order valence-corrected chi connectivity index (χ3v) is 7.13. The van der Waals surface area contributed by atoms with E-state index in [1.54, 1.807) is 16.4 Å². The van der Waals surface area contributed by atoms with Crippen LogP contribution in [0, 0.1) is 6.92 Å². The van der Waals surface area contributed by atoms with Crippen LogP contribution in [0.3, 0.4) is 0 Å². The highest BCUT2D eigenvalue weighted by Gasteiger charge is 2.32. The lowest BCUT2D eigenvalue weighted by Crippen LogP contribution is -2.36. The normalized spacial score (nSPS) is 14.1. The molecule has 30 heavy (non-hydrogen) atoms. The first kappa shape index (κ1) is 20.6. The van der Waals surface area contributed by atoms with Crippen LogP contribution in [0.5, 0.6) is 0 Å². The second kappa shape index (κ2) is 8.20. The molecule has 1 aliphatic heterocycles. The molecular formula is C24H27N3O2S. The van der Waals surface area contributed by atoms with Gasteiger partial charge in [-0.2, -0.15) is 0 Å². The minimum Gasteiger partial charge on any atom is -0.304 e. The summed E-state index contributed by atoms with van der Waals surface area (Å²) in [6.07, 6.45) is 1.63. The van der Waals surface area contributed by atoms with Crippen LogP contribution in [0.1, 0.15) is 23.2 Å². The molecule has 156 valence electrons. The van der Waals surface area contributed by atoms with Gasteiger partial charge in [0.2, 0.25) is 0 Å². The summed E-state index contributed by atoms with van der Waals surface area (Å²) >= 11 is 0. The van der Waals surface area contributed by atoms with Crippen LogP contribution in [0.4, 0.5) is 5.69 Å². The van der Waals surface area contributed by atoms with Crippen molar-refractivity contribution < 1.29 is 8.42 Å². The SMILES string of the molecule is Cc1ccc(S(=O)(=O)N2CCCc3cc(CN(C)C)nc(-c4ccccc4)c32)cc1. The molecule has 1 aromatic heterocycles. The van der Waals surface area contributed by atoms with Gasteiger partial charge in [0.15, 0.2) is 0 Å². The van der Waals surface area contributed by atoms with E-state index in [1.807, 2.05) is 63.5 Å². The zero-order valence-electron chi connectivity index (χ0n) is 17.7. The third kappa shape index (κ3) is 3.98. The molecule has 1 aliphatic rings. The van der Waals surface area contributed by atoms with Crippen molar-refractivity contribution in [2.75, 3.05) is 24.9 Å². The van der Waals surface area contributed by atoms with Crippen LogP contribution in [-0.2, 0) is 23.0 Å². The average molecular weight is 422 g/mol. The topological polar surface area (TPSA) is 53.5 Å². The number of sulfonamides is 1. The lowest BCUT2D eigenvalue weighted by molar-refractivity contribution is 0.397. The molecule has 0 saturated carbocycles. The molecule has 0 amide bonds. The lowest BCUT2D eigenvalue weighted by Gasteiger charge is -2.32. The number of rotatable bonds is 5. The first-order chi connectivity index (χ1) is 14.4. The van der Waals surface area contributed by atoms with Crippen LogP contribution < -0.4 is 4.31 Å². The molecule has 5 nitrogen and oxygen atoms in total. The highest BCUT2D eigenvalue weighted by Crippen LogP contribution is 2.39. The van der Waals surface area contributed by atoms with Gasteiger partial charge in [-0.05, 0) is 57.6 Å². The van der Waals surface area contributed by atoms with Gasteiger partial charge in [0.1, 0.15) is 0 Å². The van der Waals surface area contributed by atoms with Crippen LogP contribution in [0.25, 0.3) is 11.3 Å². The highest BCUT2D eigenvalue weighted by molar-refractivity contribution is 7.92. The van der Waals surface area contributed by atoms with E-state index >= 15 is 0 Å². The van der Waals surface area contributed by atoms with Crippen LogP contribution >= 0.6 is 0 Å². The molecule has 0 saturated heterocycles. The fourth-order valence-electron chi connectivity index (χ4n) is 3.92. The summed E-state index contributed by atoms with van der Waals surface area (Å²) in [4.78, 5) is 7.31. The van der Waals surface area contributed by atoms with Crippen molar-refractivity contribution in [1.29, 1.82) is 0 Å². The van der Waals surface area contributed by atoms with E-state index < -0.39 is 10.0 Å². The lowest BCUT2D eigenvalue weighted by atomic mass is 9.98. The van der Waals surface area contributed by atoms with Gasteiger partial charge in [0.05, 0.1) is 22.0 Å². The maximum absolute atomic E-state index is 13.6. The van der Waals surface area contributed by atoms with Gasteiger partial charge < -0.3 is 4.90 Å². The van der Waals surface area contributed by atoms with E-state index in [4.69, 9.17) is 4.98 Å². The Hall–Kier alpha value is -2.70. The molecule has 2 heterocycles. The molecule has 6 heteroatoms. The van der Waals surface area contributed by atoms with Gasteiger partial charge in [-0.1, -0.05) is 48.0 Å². The van der Waals surface area contributed by atoms with Gasteiger partial charge >= 0.3 is 0 Å². The second-order valence-electron chi connectivity index (χ2n) is 8.07. The first-order valence-corrected chi connectivity index (χ1v) is 11.6. The zero-order chi connectivity index (χ0) is 21.3. The first-order valence-electron chi connectivity index (χ1n) is 10.2. The Morgan fingerprint density at radius 1 is 1.03 bits per heavy atom. The summed E-state index contributed by atoms with van der Waals surface area (Å²) in [5, 5.41) is 0. The van der Waals surface area contributed by atoms with E-state index in [0.29, 0.717) is 18.0 Å². The molecule has 0 spiro atoms. The quantitative estimate of drug-likeness (QED) is 0.618.